The summed E-state index contributed by atoms with van der Waals surface area (Å²) in [5, 5.41) is 0. The molecular formula is C14H26O2. The molecule has 2 nitrogen and oxygen atoms in total. The Bertz CT molecular complexity index is 211. The average Bonchev–Trinajstić information content (AvgIpc) is 2.29. The molecule has 2 heteroatoms. The maximum absolute atomic E-state index is 11.9. The molecule has 16 heavy (non-hydrogen) atoms. The van der Waals surface area contributed by atoms with Crippen LogP contribution in [0.4, 0.5) is 0 Å². The van der Waals surface area contributed by atoms with Crippen molar-refractivity contribution in [1.82, 2.24) is 0 Å². The van der Waals surface area contributed by atoms with Crippen molar-refractivity contribution in [3.63, 3.8) is 0 Å². The van der Waals surface area contributed by atoms with Crippen molar-refractivity contribution in [2.24, 2.45) is 5.92 Å². The van der Waals surface area contributed by atoms with Crippen molar-refractivity contribution < 1.29 is 9.53 Å². The first kappa shape index (κ1) is 13.5. The Balaban J connectivity index is 2.59. The minimum atomic E-state index is -0.118. The molecule has 0 aliphatic heterocycles. The molecular weight excluding hydrogens is 200 g/mol. The van der Waals surface area contributed by atoms with Gasteiger partial charge in [0, 0.05) is 0 Å². The Hall–Kier alpha value is -0.530. The molecule has 0 saturated heterocycles. The molecule has 1 atom stereocenters. The molecule has 1 aliphatic rings. The second-order valence-corrected chi connectivity index (χ2v) is 5.22. The summed E-state index contributed by atoms with van der Waals surface area (Å²) in [5.74, 6) is 0.0634. The molecule has 1 aliphatic carbocycles. The SMILES string of the molecule is CCCC1(OC(=O)C(C)CC)CCCCC1. The Morgan fingerprint density at radius 3 is 2.38 bits per heavy atom. The number of carbonyl (C=O) groups is 1. The Labute approximate surface area is 99.8 Å². The molecule has 0 N–H and O–H groups in total. The lowest BCUT2D eigenvalue weighted by Gasteiger charge is -2.37. The standard InChI is InChI=1S/C14H26O2/c1-4-9-14(10-7-6-8-11-14)16-13(15)12(3)5-2/h12H,4-11H2,1-3H3. The normalized spacial score (nSPS) is 21.4. The van der Waals surface area contributed by atoms with Gasteiger partial charge in [-0.15, -0.1) is 0 Å². The number of rotatable bonds is 5. The smallest absolute Gasteiger partial charge is 0.309 e. The lowest BCUT2D eigenvalue weighted by molar-refractivity contribution is -0.169. The molecule has 0 bridgehead atoms. The first-order chi connectivity index (χ1) is 7.63. The van der Waals surface area contributed by atoms with Gasteiger partial charge in [0.25, 0.3) is 0 Å². The fourth-order valence-electron chi connectivity index (χ4n) is 2.54. The summed E-state index contributed by atoms with van der Waals surface area (Å²) in [6.07, 6.45) is 8.89. The van der Waals surface area contributed by atoms with Gasteiger partial charge in [-0.25, -0.2) is 0 Å². The van der Waals surface area contributed by atoms with Gasteiger partial charge in [0.15, 0.2) is 0 Å². The zero-order valence-corrected chi connectivity index (χ0v) is 11.1. The summed E-state index contributed by atoms with van der Waals surface area (Å²) in [4.78, 5) is 11.9. The highest BCUT2D eigenvalue weighted by Gasteiger charge is 2.35. The second-order valence-electron chi connectivity index (χ2n) is 5.22. The average molecular weight is 226 g/mol. The number of hydrogen-bond acceptors (Lipinski definition) is 2. The van der Waals surface area contributed by atoms with Crippen molar-refractivity contribution in [1.29, 1.82) is 0 Å². The third-order valence-corrected chi connectivity index (χ3v) is 3.80. The Morgan fingerprint density at radius 1 is 1.25 bits per heavy atom. The quantitative estimate of drug-likeness (QED) is 0.660. The number of esters is 1. The van der Waals surface area contributed by atoms with Gasteiger partial charge in [0.05, 0.1) is 5.92 Å². The molecule has 0 heterocycles. The predicted octanol–water partition coefficient (Wildman–Crippen LogP) is 4.08. The van der Waals surface area contributed by atoms with E-state index in [1.807, 2.05) is 13.8 Å². The molecule has 0 radical (unpaired) electrons. The summed E-state index contributed by atoms with van der Waals surface area (Å²) in [7, 11) is 0. The molecule has 0 amide bonds. The summed E-state index contributed by atoms with van der Waals surface area (Å²) < 4.78 is 5.83. The van der Waals surface area contributed by atoms with E-state index < -0.39 is 0 Å². The van der Waals surface area contributed by atoms with E-state index in [2.05, 4.69) is 6.92 Å². The van der Waals surface area contributed by atoms with Crippen molar-refractivity contribution in [2.45, 2.75) is 77.7 Å². The largest absolute Gasteiger partial charge is 0.459 e. The Morgan fingerprint density at radius 2 is 1.88 bits per heavy atom. The van der Waals surface area contributed by atoms with Gasteiger partial charge in [0.1, 0.15) is 5.60 Å². The Kier molecular flexibility index (Phi) is 5.30. The van der Waals surface area contributed by atoms with Gasteiger partial charge in [-0.1, -0.05) is 33.6 Å². The van der Waals surface area contributed by atoms with Crippen LogP contribution in [-0.4, -0.2) is 11.6 Å². The monoisotopic (exact) mass is 226 g/mol. The molecule has 1 unspecified atom stereocenters. The van der Waals surface area contributed by atoms with Crippen LogP contribution in [0.15, 0.2) is 0 Å². The minimum absolute atomic E-state index is 0.0119. The highest BCUT2D eigenvalue weighted by Crippen LogP contribution is 2.36. The molecule has 0 aromatic rings. The maximum Gasteiger partial charge on any atom is 0.309 e. The molecule has 1 rings (SSSR count). The van der Waals surface area contributed by atoms with Gasteiger partial charge in [-0.05, 0) is 38.5 Å². The first-order valence-corrected chi connectivity index (χ1v) is 6.86. The number of hydrogen-bond donors (Lipinski definition) is 0. The minimum Gasteiger partial charge on any atom is -0.459 e. The van der Waals surface area contributed by atoms with Crippen LogP contribution < -0.4 is 0 Å². The molecule has 1 fully saturated rings. The fraction of sp³-hybridized carbons (Fsp3) is 0.929. The van der Waals surface area contributed by atoms with E-state index >= 15 is 0 Å². The van der Waals surface area contributed by atoms with E-state index in [4.69, 9.17) is 4.74 Å². The van der Waals surface area contributed by atoms with Crippen molar-refractivity contribution in [3.05, 3.63) is 0 Å². The third kappa shape index (κ3) is 3.50. The van der Waals surface area contributed by atoms with Crippen LogP contribution in [-0.2, 0) is 9.53 Å². The van der Waals surface area contributed by atoms with Gasteiger partial charge >= 0.3 is 5.97 Å². The molecule has 0 aromatic carbocycles. The van der Waals surface area contributed by atoms with Gasteiger partial charge in [-0.3, -0.25) is 4.79 Å². The van der Waals surface area contributed by atoms with E-state index in [9.17, 15) is 4.79 Å². The highest BCUT2D eigenvalue weighted by atomic mass is 16.6. The van der Waals surface area contributed by atoms with E-state index in [0.717, 1.165) is 32.1 Å². The van der Waals surface area contributed by atoms with E-state index in [1.165, 1.54) is 19.3 Å². The third-order valence-electron chi connectivity index (χ3n) is 3.80. The topological polar surface area (TPSA) is 26.3 Å². The van der Waals surface area contributed by atoms with E-state index in [1.54, 1.807) is 0 Å². The second kappa shape index (κ2) is 6.27. The van der Waals surface area contributed by atoms with Crippen LogP contribution in [0.1, 0.15) is 72.1 Å². The van der Waals surface area contributed by atoms with Gasteiger partial charge < -0.3 is 4.74 Å². The van der Waals surface area contributed by atoms with Crippen LogP contribution in [0.2, 0.25) is 0 Å². The van der Waals surface area contributed by atoms with Crippen molar-refractivity contribution >= 4 is 5.97 Å². The first-order valence-electron chi connectivity index (χ1n) is 6.86. The lowest BCUT2D eigenvalue weighted by Crippen LogP contribution is -2.38. The zero-order chi connectivity index (χ0) is 12.0. The molecule has 1 saturated carbocycles. The van der Waals surface area contributed by atoms with Crippen molar-refractivity contribution in [3.8, 4) is 0 Å². The van der Waals surface area contributed by atoms with Crippen LogP contribution in [0, 0.1) is 5.92 Å². The molecule has 0 spiro atoms. The van der Waals surface area contributed by atoms with Crippen LogP contribution in [0.5, 0.6) is 0 Å². The zero-order valence-electron chi connectivity index (χ0n) is 11.1. The maximum atomic E-state index is 11.9. The summed E-state index contributed by atoms with van der Waals surface area (Å²) in [6, 6.07) is 0. The number of ether oxygens (including phenoxy) is 1. The van der Waals surface area contributed by atoms with Crippen molar-refractivity contribution in [2.75, 3.05) is 0 Å². The highest BCUT2D eigenvalue weighted by molar-refractivity contribution is 5.72. The van der Waals surface area contributed by atoms with E-state index in [-0.39, 0.29) is 17.5 Å². The van der Waals surface area contributed by atoms with Crippen LogP contribution in [0.25, 0.3) is 0 Å². The fourth-order valence-corrected chi connectivity index (χ4v) is 2.54. The summed E-state index contributed by atoms with van der Waals surface area (Å²) in [5.41, 5.74) is -0.118. The van der Waals surface area contributed by atoms with Gasteiger partial charge in [0.2, 0.25) is 0 Å². The van der Waals surface area contributed by atoms with E-state index in [0.29, 0.717) is 0 Å². The van der Waals surface area contributed by atoms with Crippen LogP contribution >= 0.6 is 0 Å². The molecule has 94 valence electrons. The van der Waals surface area contributed by atoms with Crippen LogP contribution in [0.3, 0.4) is 0 Å². The number of carbonyl (C=O) groups excluding carboxylic acids is 1. The lowest BCUT2D eigenvalue weighted by atomic mass is 9.81. The molecule has 0 aromatic heterocycles. The summed E-state index contributed by atoms with van der Waals surface area (Å²) in [6.45, 7) is 6.18. The summed E-state index contributed by atoms with van der Waals surface area (Å²) >= 11 is 0. The van der Waals surface area contributed by atoms with Gasteiger partial charge in [-0.2, -0.15) is 0 Å². The predicted molar refractivity (Wildman–Crippen MR) is 66.3 cm³/mol.